The number of nitrogens with zero attached hydrogens (tertiary/aromatic N) is 2. The van der Waals surface area contributed by atoms with Gasteiger partial charge in [-0.1, -0.05) is 19.8 Å². The van der Waals surface area contributed by atoms with E-state index in [1.807, 2.05) is 6.92 Å². The zero-order valence-electron chi connectivity index (χ0n) is 17.0. The molecule has 7 nitrogen and oxygen atoms in total. The van der Waals surface area contributed by atoms with Crippen LogP contribution in [0.4, 0.5) is 5.69 Å². The number of hydrogen-bond donors (Lipinski definition) is 1. The highest BCUT2D eigenvalue weighted by Gasteiger charge is 2.44. The molecule has 1 N–H and O–H groups in total. The van der Waals surface area contributed by atoms with Crippen LogP contribution in [0.15, 0.2) is 24.3 Å². The number of aliphatic hydroxyl groups excluding tert-OH is 1. The third-order valence-electron chi connectivity index (χ3n) is 5.75. The molecule has 0 unspecified atom stereocenters. The molecule has 2 aliphatic rings. The van der Waals surface area contributed by atoms with Crippen molar-refractivity contribution < 1.29 is 24.2 Å². The van der Waals surface area contributed by atoms with E-state index in [1.54, 1.807) is 24.3 Å². The van der Waals surface area contributed by atoms with E-state index in [1.165, 1.54) is 4.90 Å². The van der Waals surface area contributed by atoms with E-state index in [-0.39, 0.29) is 30.9 Å². The largest absolute Gasteiger partial charge is 0.462 e. The molecule has 2 amide bonds. The van der Waals surface area contributed by atoms with Crippen LogP contribution >= 0.6 is 0 Å². The number of ether oxygens (including phenoxy) is 1. The number of aliphatic hydroxyl groups is 1. The fourth-order valence-corrected chi connectivity index (χ4v) is 4.18. The summed E-state index contributed by atoms with van der Waals surface area (Å²) in [5.74, 6) is -0.855. The van der Waals surface area contributed by atoms with E-state index in [2.05, 4.69) is 4.90 Å². The molecule has 2 saturated heterocycles. The molecular weight excluding hydrogens is 372 g/mol. The van der Waals surface area contributed by atoms with Crippen molar-refractivity contribution in [3.8, 4) is 0 Å². The molecule has 0 bridgehead atoms. The summed E-state index contributed by atoms with van der Waals surface area (Å²) in [7, 11) is 0. The van der Waals surface area contributed by atoms with E-state index in [0.717, 1.165) is 38.6 Å². The first-order valence-corrected chi connectivity index (χ1v) is 10.6. The third kappa shape index (κ3) is 4.85. The summed E-state index contributed by atoms with van der Waals surface area (Å²) < 4.78 is 5.19. The van der Waals surface area contributed by atoms with Crippen molar-refractivity contribution in [1.29, 1.82) is 0 Å². The van der Waals surface area contributed by atoms with Crippen LogP contribution in [0.2, 0.25) is 0 Å². The van der Waals surface area contributed by atoms with Gasteiger partial charge in [0.2, 0.25) is 5.91 Å². The van der Waals surface area contributed by atoms with Gasteiger partial charge < -0.3 is 9.84 Å². The molecular formula is C22H30N2O5. The quantitative estimate of drug-likeness (QED) is 0.408. The van der Waals surface area contributed by atoms with E-state index in [9.17, 15) is 19.5 Å². The second-order valence-electron chi connectivity index (χ2n) is 7.72. The molecule has 29 heavy (non-hydrogen) atoms. The maximum Gasteiger partial charge on any atom is 0.338 e. The molecule has 2 atom stereocenters. The SMILES string of the molecule is CCCCOC(=O)c1ccc(N2C(=O)C[C@@H](N3CCCC[C@H]3CCO)C2=O)cc1. The van der Waals surface area contributed by atoms with Crippen molar-refractivity contribution in [2.75, 3.05) is 24.7 Å². The lowest BCUT2D eigenvalue weighted by atomic mass is 9.97. The minimum Gasteiger partial charge on any atom is -0.462 e. The van der Waals surface area contributed by atoms with Crippen LogP contribution < -0.4 is 4.90 Å². The van der Waals surface area contributed by atoms with Crippen LogP contribution in [0.5, 0.6) is 0 Å². The van der Waals surface area contributed by atoms with Crippen LogP contribution in [0.25, 0.3) is 0 Å². The van der Waals surface area contributed by atoms with E-state index < -0.39 is 12.0 Å². The van der Waals surface area contributed by atoms with Gasteiger partial charge in [-0.25, -0.2) is 9.69 Å². The normalized spacial score (nSPS) is 22.9. The molecule has 158 valence electrons. The number of anilines is 1. The zero-order chi connectivity index (χ0) is 20.8. The summed E-state index contributed by atoms with van der Waals surface area (Å²) in [6.45, 7) is 3.25. The van der Waals surface area contributed by atoms with Crippen molar-refractivity contribution in [3.05, 3.63) is 29.8 Å². The van der Waals surface area contributed by atoms with Gasteiger partial charge in [0, 0.05) is 12.6 Å². The van der Waals surface area contributed by atoms with Crippen molar-refractivity contribution in [2.24, 2.45) is 0 Å². The number of rotatable bonds is 8. The fraction of sp³-hybridized carbons (Fsp3) is 0.591. The Kier molecular flexibility index (Phi) is 7.39. The monoisotopic (exact) mass is 402 g/mol. The van der Waals surface area contributed by atoms with Crippen LogP contribution in [0, 0.1) is 0 Å². The molecule has 2 fully saturated rings. The highest BCUT2D eigenvalue weighted by Crippen LogP contribution is 2.30. The van der Waals surface area contributed by atoms with Crippen LogP contribution in [0.3, 0.4) is 0 Å². The predicted octanol–water partition coefficient (Wildman–Crippen LogP) is 2.51. The van der Waals surface area contributed by atoms with Gasteiger partial charge >= 0.3 is 5.97 Å². The molecule has 0 radical (unpaired) electrons. The Bertz CT molecular complexity index is 731. The molecule has 2 aliphatic heterocycles. The maximum absolute atomic E-state index is 13.1. The van der Waals surface area contributed by atoms with E-state index in [0.29, 0.717) is 24.3 Å². The number of piperidine rings is 1. The summed E-state index contributed by atoms with van der Waals surface area (Å²) in [6, 6.07) is 6.08. The standard InChI is InChI=1S/C22H30N2O5/c1-2-3-14-29-22(28)16-7-9-18(10-8-16)24-20(26)15-19(21(24)27)23-12-5-4-6-17(23)11-13-25/h7-10,17,19,25H,2-6,11-15H2,1H3/t17-,19+/m0/s1. The van der Waals surface area contributed by atoms with Gasteiger partial charge in [0.15, 0.2) is 0 Å². The average molecular weight is 402 g/mol. The van der Waals surface area contributed by atoms with Crippen LogP contribution in [0.1, 0.15) is 62.2 Å². The van der Waals surface area contributed by atoms with Crippen LogP contribution in [-0.4, -0.2) is 59.6 Å². The predicted molar refractivity (Wildman–Crippen MR) is 109 cm³/mol. The first kappa shape index (κ1) is 21.5. The van der Waals surface area contributed by atoms with Gasteiger partial charge in [-0.2, -0.15) is 0 Å². The molecule has 1 aromatic carbocycles. The Morgan fingerprint density at radius 2 is 1.97 bits per heavy atom. The highest BCUT2D eigenvalue weighted by atomic mass is 16.5. The second-order valence-corrected chi connectivity index (χ2v) is 7.72. The van der Waals surface area contributed by atoms with Gasteiger partial charge in [-0.3, -0.25) is 14.5 Å². The molecule has 3 rings (SSSR count). The lowest BCUT2D eigenvalue weighted by Crippen LogP contribution is -2.50. The number of benzene rings is 1. The maximum atomic E-state index is 13.1. The molecule has 7 heteroatoms. The summed E-state index contributed by atoms with van der Waals surface area (Å²) >= 11 is 0. The Hall–Kier alpha value is -2.25. The molecule has 0 aromatic heterocycles. The zero-order valence-corrected chi connectivity index (χ0v) is 17.0. The average Bonchev–Trinajstić information content (AvgIpc) is 3.03. The summed E-state index contributed by atoms with van der Waals surface area (Å²) in [4.78, 5) is 41.1. The first-order chi connectivity index (χ1) is 14.1. The number of unbranched alkanes of at least 4 members (excludes halogenated alkanes) is 1. The summed E-state index contributed by atoms with van der Waals surface area (Å²) in [5.41, 5.74) is 0.878. The Morgan fingerprint density at radius 3 is 2.66 bits per heavy atom. The molecule has 0 aliphatic carbocycles. The summed E-state index contributed by atoms with van der Waals surface area (Å²) in [6.07, 6.45) is 5.55. The molecule has 0 saturated carbocycles. The second kappa shape index (κ2) is 9.98. The fourth-order valence-electron chi connectivity index (χ4n) is 4.18. The van der Waals surface area contributed by atoms with E-state index >= 15 is 0 Å². The van der Waals surface area contributed by atoms with Gasteiger partial charge in [0.25, 0.3) is 5.91 Å². The minimum absolute atomic E-state index is 0.0789. The van der Waals surface area contributed by atoms with Crippen molar-refractivity contribution >= 4 is 23.5 Å². The Morgan fingerprint density at radius 1 is 1.21 bits per heavy atom. The summed E-state index contributed by atoms with van der Waals surface area (Å²) in [5, 5.41) is 9.34. The molecule has 0 spiro atoms. The van der Waals surface area contributed by atoms with Crippen molar-refractivity contribution in [1.82, 2.24) is 4.90 Å². The van der Waals surface area contributed by atoms with Crippen molar-refractivity contribution in [3.63, 3.8) is 0 Å². The highest BCUT2D eigenvalue weighted by molar-refractivity contribution is 6.22. The number of imide groups is 1. The lowest BCUT2D eigenvalue weighted by Gasteiger charge is -2.38. The topological polar surface area (TPSA) is 87.2 Å². The molecule has 1 aromatic rings. The number of carbonyl (C=O) groups is 3. The van der Waals surface area contributed by atoms with Gasteiger partial charge in [0.05, 0.1) is 30.3 Å². The number of likely N-dealkylation sites (tertiary alicyclic amines) is 1. The number of carbonyl (C=O) groups excluding carboxylic acids is 3. The number of hydrogen-bond acceptors (Lipinski definition) is 6. The van der Waals surface area contributed by atoms with Crippen LogP contribution in [-0.2, 0) is 14.3 Å². The third-order valence-corrected chi connectivity index (χ3v) is 5.75. The number of esters is 1. The Balaban J connectivity index is 1.70. The van der Waals surface area contributed by atoms with E-state index in [4.69, 9.17) is 4.74 Å². The smallest absolute Gasteiger partial charge is 0.338 e. The number of amides is 2. The Labute approximate surface area is 171 Å². The minimum atomic E-state index is -0.474. The molecule has 2 heterocycles. The van der Waals surface area contributed by atoms with Gasteiger partial charge in [0.1, 0.15) is 0 Å². The first-order valence-electron chi connectivity index (χ1n) is 10.6. The lowest BCUT2D eigenvalue weighted by molar-refractivity contribution is -0.123. The van der Waals surface area contributed by atoms with Crippen molar-refractivity contribution in [2.45, 2.75) is 64.0 Å². The van der Waals surface area contributed by atoms with Gasteiger partial charge in [-0.05, 0) is 56.5 Å². The van der Waals surface area contributed by atoms with Gasteiger partial charge in [-0.15, -0.1) is 0 Å².